The zero-order valence-electron chi connectivity index (χ0n) is 11.6. The van der Waals surface area contributed by atoms with Gasteiger partial charge in [-0.25, -0.2) is 0 Å². The van der Waals surface area contributed by atoms with Gasteiger partial charge in [0.15, 0.2) is 0 Å². The molecule has 0 radical (unpaired) electrons. The molecule has 3 aliphatic carbocycles. The van der Waals surface area contributed by atoms with Gasteiger partial charge >= 0.3 is 0 Å². The van der Waals surface area contributed by atoms with Crippen LogP contribution in [0.4, 0.5) is 0 Å². The van der Waals surface area contributed by atoms with E-state index < -0.39 is 0 Å². The Hall–Kier alpha value is -0.0800. The fourth-order valence-electron chi connectivity index (χ4n) is 4.44. The number of aliphatic hydroxyl groups is 1. The molecular formula is C16H30O2. The van der Waals surface area contributed by atoms with Gasteiger partial charge in [0.2, 0.25) is 0 Å². The van der Waals surface area contributed by atoms with Gasteiger partial charge in [-0.1, -0.05) is 12.8 Å². The second-order valence-electron chi connectivity index (χ2n) is 6.93. The highest BCUT2D eigenvalue weighted by Gasteiger charge is 2.36. The lowest BCUT2D eigenvalue weighted by Crippen LogP contribution is -2.22. The van der Waals surface area contributed by atoms with Gasteiger partial charge < -0.3 is 10.6 Å². The van der Waals surface area contributed by atoms with Gasteiger partial charge in [-0.3, -0.25) is 0 Å². The van der Waals surface area contributed by atoms with E-state index in [0.29, 0.717) is 0 Å². The highest BCUT2D eigenvalue weighted by molar-refractivity contribution is 4.87. The standard InChI is InChI=1S/C16H28O.H2O/c17-16-3-1-2-12(10-11-16)13-4-6-14(7-5-13)15-8-9-15;/h12-17H,1-11H2;1H2. The predicted molar refractivity (Wildman–Crippen MR) is 74.4 cm³/mol. The van der Waals surface area contributed by atoms with Crippen molar-refractivity contribution in [2.24, 2.45) is 23.7 Å². The summed E-state index contributed by atoms with van der Waals surface area (Å²) in [6.45, 7) is 0. The first-order chi connectivity index (χ1) is 8.33. The summed E-state index contributed by atoms with van der Waals surface area (Å²) in [5.41, 5.74) is 0. The molecule has 0 aromatic heterocycles. The molecule has 0 heterocycles. The normalized spacial score (nSPS) is 41.8. The van der Waals surface area contributed by atoms with Gasteiger partial charge in [-0.15, -0.1) is 0 Å². The molecule has 2 atom stereocenters. The van der Waals surface area contributed by atoms with Crippen molar-refractivity contribution in [3.8, 4) is 0 Å². The molecule has 0 aliphatic heterocycles. The zero-order valence-corrected chi connectivity index (χ0v) is 11.6. The van der Waals surface area contributed by atoms with Gasteiger partial charge in [0.05, 0.1) is 6.10 Å². The molecule has 0 amide bonds. The van der Waals surface area contributed by atoms with Crippen LogP contribution in [0.3, 0.4) is 0 Å². The third kappa shape index (κ3) is 3.48. The van der Waals surface area contributed by atoms with Crippen molar-refractivity contribution in [2.75, 3.05) is 0 Å². The zero-order chi connectivity index (χ0) is 11.7. The molecule has 0 spiro atoms. The second-order valence-corrected chi connectivity index (χ2v) is 6.93. The minimum absolute atomic E-state index is 0. The Bertz CT molecular complexity index is 241. The summed E-state index contributed by atoms with van der Waals surface area (Å²) in [5.74, 6) is 4.19. The summed E-state index contributed by atoms with van der Waals surface area (Å²) in [7, 11) is 0. The van der Waals surface area contributed by atoms with E-state index in [-0.39, 0.29) is 11.6 Å². The van der Waals surface area contributed by atoms with Crippen LogP contribution in [0.1, 0.15) is 70.6 Å². The van der Waals surface area contributed by atoms with Crippen LogP contribution < -0.4 is 0 Å². The molecular weight excluding hydrogens is 224 g/mol. The van der Waals surface area contributed by atoms with Gasteiger partial charge in [0.25, 0.3) is 0 Å². The first kappa shape index (κ1) is 14.3. The fourth-order valence-corrected chi connectivity index (χ4v) is 4.44. The largest absolute Gasteiger partial charge is 0.412 e. The molecule has 0 bridgehead atoms. The average molecular weight is 254 g/mol. The van der Waals surface area contributed by atoms with E-state index in [1.165, 1.54) is 57.8 Å². The molecule has 2 heteroatoms. The molecule has 3 aliphatic rings. The Morgan fingerprint density at radius 1 is 0.500 bits per heavy atom. The van der Waals surface area contributed by atoms with Gasteiger partial charge in [-0.2, -0.15) is 0 Å². The third-order valence-electron chi connectivity index (χ3n) is 5.75. The summed E-state index contributed by atoms with van der Waals surface area (Å²) in [6, 6.07) is 0. The Morgan fingerprint density at radius 2 is 0.889 bits per heavy atom. The lowest BCUT2D eigenvalue weighted by Gasteiger charge is -2.33. The van der Waals surface area contributed by atoms with Gasteiger partial charge in [0.1, 0.15) is 0 Å². The van der Waals surface area contributed by atoms with E-state index in [2.05, 4.69) is 0 Å². The Balaban J connectivity index is 0.00000120. The smallest absolute Gasteiger partial charge is 0.0540 e. The summed E-state index contributed by atoms with van der Waals surface area (Å²) in [6.07, 6.45) is 15.2. The average Bonchev–Trinajstić information content (AvgIpc) is 3.16. The Kier molecular flexibility index (Phi) is 5.08. The molecule has 2 unspecified atom stereocenters. The predicted octanol–water partition coefficient (Wildman–Crippen LogP) is 3.32. The van der Waals surface area contributed by atoms with E-state index in [9.17, 15) is 5.11 Å². The van der Waals surface area contributed by atoms with Crippen LogP contribution in [-0.4, -0.2) is 16.7 Å². The van der Waals surface area contributed by atoms with Crippen LogP contribution in [0.15, 0.2) is 0 Å². The van der Waals surface area contributed by atoms with Crippen molar-refractivity contribution in [3.05, 3.63) is 0 Å². The van der Waals surface area contributed by atoms with E-state index in [1.54, 1.807) is 0 Å². The third-order valence-corrected chi connectivity index (χ3v) is 5.75. The van der Waals surface area contributed by atoms with Crippen molar-refractivity contribution in [1.82, 2.24) is 0 Å². The maximum atomic E-state index is 9.73. The van der Waals surface area contributed by atoms with E-state index in [1.807, 2.05) is 0 Å². The molecule has 0 saturated heterocycles. The maximum Gasteiger partial charge on any atom is 0.0540 e. The maximum absolute atomic E-state index is 9.73. The number of aliphatic hydroxyl groups excluding tert-OH is 1. The lowest BCUT2D eigenvalue weighted by molar-refractivity contribution is 0.146. The van der Waals surface area contributed by atoms with E-state index in [4.69, 9.17) is 0 Å². The molecule has 3 fully saturated rings. The van der Waals surface area contributed by atoms with Crippen molar-refractivity contribution in [1.29, 1.82) is 0 Å². The Labute approximate surface area is 111 Å². The van der Waals surface area contributed by atoms with Gasteiger partial charge in [0, 0.05) is 0 Å². The number of hydrogen-bond acceptors (Lipinski definition) is 1. The molecule has 3 saturated carbocycles. The minimum atomic E-state index is 0. The van der Waals surface area contributed by atoms with Crippen LogP contribution in [-0.2, 0) is 0 Å². The van der Waals surface area contributed by atoms with Crippen molar-refractivity contribution in [2.45, 2.75) is 76.7 Å². The van der Waals surface area contributed by atoms with Crippen LogP contribution in [0.25, 0.3) is 0 Å². The Morgan fingerprint density at radius 3 is 1.39 bits per heavy atom. The monoisotopic (exact) mass is 254 g/mol. The van der Waals surface area contributed by atoms with Crippen molar-refractivity contribution >= 4 is 0 Å². The molecule has 3 rings (SSSR count). The molecule has 3 N–H and O–H groups in total. The highest BCUT2D eigenvalue weighted by atomic mass is 16.3. The van der Waals surface area contributed by atoms with Crippen LogP contribution >= 0.6 is 0 Å². The van der Waals surface area contributed by atoms with E-state index in [0.717, 1.165) is 36.5 Å². The number of hydrogen-bond donors (Lipinski definition) is 1. The highest BCUT2D eigenvalue weighted by Crippen LogP contribution is 2.47. The quantitative estimate of drug-likeness (QED) is 0.755. The van der Waals surface area contributed by atoms with Crippen molar-refractivity contribution < 1.29 is 10.6 Å². The first-order valence-electron chi connectivity index (χ1n) is 8.01. The molecule has 106 valence electrons. The fraction of sp³-hybridized carbons (Fsp3) is 1.00. The summed E-state index contributed by atoms with van der Waals surface area (Å²) < 4.78 is 0. The summed E-state index contributed by atoms with van der Waals surface area (Å²) in [4.78, 5) is 0. The SMILES string of the molecule is O.OC1CCCC(C2CCC(C3CC3)CC2)CC1. The number of rotatable bonds is 2. The second kappa shape index (κ2) is 6.38. The lowest BCUT2D eigenvalue weighted by atomic mass is 9.72. The minimum Gasteiger partial charge on any atom is -0.412 e. The molecule has 0 aromatic rings. The molecule has 18 heavy (non-hydrogen) atoms. The van der Waals surface area contributed by atoms with Gasteiger partial charge in [-0.05, 0) is 81.5 Å². The van der Waals surface area contributed by atoms with Crippen molar-refractivity contribution in [3.63, 3.8) is 0 Å². The topological polar surface area (TPSA) is 51.7 Å². The molecule has 2 nitrogen and oxygen atoms in total. The van der Waals surface area contributed by atoms with Crippen LogP contribution in [0, 0.1) is 23.7 Å². The first-order valence-corrected chi connectivity index (χ1v) is 8.01. The van der Waals surface area contributed by atoms with Crippen LogP contribution in [0.2, 0.25) is 0 Å². The summed E-state index contributed by atoms with van der Waals surface area (Å²) in [5, 5.41) is 9.73. The van der Waals surface area contributed by atoms with Crippen LogP contribution in [0.5, 0.6) is 0 Å². The molecule has 0 aromatic carbocycles. The summed E-state index contributed by atoms with van der Waals surface area (Å²) >= 11 is 0. The van der Waals surface area contributed by atoms with E-state index >= 15 is 0 Å².